The van der Waals surface area contributed by atoms with Crippen molar-refractivity contribution >= 4 is 23.1 Å². The molecule has 2 unspecified atom stereocenters. The highest BCUT2D eigenvalue weighted by molar-refractivity contribution is 5.73. The third kappa shape index (κ3) is 2.41. The van der Waals surface area contributed by atoms with Crippen LogP contribution in [-0.2, 0) is 18.9 Å². The first kappa shape index (κ1) is 14.8. The molecule has 0 saturated carbocycles. The molecule has 2 rings (SSSR count). The van der Waals surface area contributed by atoms with Gasteiger partial charge in [0.1, 0.15) is 0 Å². The number of aromatic amines is 1. The highest BCUT2D eigenvalue weighted by Gasteiger charge is 2.21. The fourth-order valence-electron chi connectivity index (χ4n) is 1.95. The molecule has 2 heterocycles. The summed E-state index contributed by atoms with van der Waals surface area (Å²) in [6.07, 6.45) is 0. The molecule has 0 amide bonds. The minimum absolute atomic E-state index is 0.192. The molecule has 21 heavy (non-hydrogen) atoms. The maximum absolute atomic E-state index is 12.0. The van der Waals surface area contributed by atoms with Crippen molar-refractivity contribution in [3.63, 3.8) is 0 Å². The molecule has 0 aliphatic rings. The second-order valence-electron chi connectivity index (χ2n) is 5.05. The van der Waals surface area contributed by atoms with Gasteiger partial charge in [0.2, 0.25) is 5.95 Å². The van der Waals surface area contributed by atoms with Gasteiger partial charge < -0.3 is 15.4 Å². The average molecular weight is 295 g/mol. The molecule has 2 aromatic rings. The van der Waals surface area contributed by atoms with Crippen LogP contribution in [-0.4, -0.2) is 36.2 Å². The van der Waals surface area contributed by atoms with Crippen LogP contribution in [0.25, 0.3) is 11.2 Å². The molecule has 3 N–H and O–H groups in total. The Morgan fingerprint density at radius 1 is 1.29 bits per heavy atom. The number of carboxylic acids is 1. The van der Waals surface area contributed by atoms with Gasteiger partial charge in [-0.15, -0.1) is 0 Å². The molecule has 0 radical (unpaired) electrons. The fraction of sp³-hybridized carbons (Fsp3) is 0.500. The Morgan fingerprint density at radius 3 is 2.48 bits per heavy atom. The number of aromatic nitrogens is 4. The predicted octanol–water partition coefficient (Wildman–Crippen LogP) is -0.519. The summed E-state index contributed by atoms with van der Waals surface area (Å²) >= 11 is 0. The molecular formula is C12H17N5O4. The van der Waals surface area contributed by atoms with Crippen molar-refractivity contribution in [2.45, 2.75) is 19.9 Å². The number of nitrogens with one attached hydrogen (secondary N) is 2. The normalized spacial score (nSPS) is 14.1. The van der Waals surface area contributed by atoms with Crippen LogP contribution in [0.4, 0.5) is 5.95 Å². The molecule has 2 atom stereocenters. The highest BCUT2D eigenvalue weighted by Crippen LogP contribution is 2.12. The Kier molecular flexibility index (Phi) is 3.58. The number of fused-ring (bicyclic) bond motifs is 1. The van der Waals surface area contributed by atoms with Crippen LogP contribution in [0.2, 0.25) is 0 Å². The SMILES string of the molecule is CC(Nc1nc2c([nH]1)c(=O)n(C)c(=O)n2C)C(C)C(=O)O. The summed E-state index contributed by atoms with van der Waals surface area (Å²) in [5.74, 6) is -1.32. The number of rotatable bonds is 4. The molecule has 0 saturated heterocycles. The standard InChI is InChI=1S/C12H17N5O4/c1-5(10(19)20)6(2)13-11-14-7-8(15-11)16(3)12(21)17(4)9(7)18/h5-6H,1-4H3,(H,19,20)(H2,13,14,15). The summed E-state index contributed by atoms with van der Waals surface area (Å²) < 4.78 is 2.23. The third-order valence-corrected chi connectivity index (χ3v) is 3.60. The van der Waals surface area contributed by atoms with Crippen LogP contribution >= 0.6 is 0 Å². The lowest BCUT2D eigenvalue weighted by Crippen LogP contribution is -2.36. The molecule has 0 aliphatic heterocycles. The maximum Gasteiger partial charge on any atom is 0.332 e. The topological polar surface area (TPSA) is 122 Å². The predicted molar refractivity (Wildman–Crippen MR) is 76.5 cm³/mol. The minimum Gasteiger partial charge on any atom is -0.481 e. The van der Waals surface area contributed by atoms with Crippen LogP contribution in [0.15, 0.2) is 9.59 Å². The van der Waals surface area contributed by atoms with Crippen molar-refractivity contribution < 1.29 is 9.90 Å². The molecule has 0 spiro atoms. The molecule has 2 aromatic heterocycles. The maximum atomic E-state index is 12.0. The van der Waals surface area contributed by atoms with E-state index in [2.05, 4.69) is 15.3 Å². The van der Waals surface area contributed by atoms with E-state index in [1.807, 2.05) is 0 Å². The van der Waals surface area contributed by atoms with Gasteiger partial charge in [0.05, 0.1) is 5.92 Å². The number of carboxylic acid groups (broad SMARTS) is 1. The Balaban J connectivity index is 2.47. The average Bonchev–Trinajstić information content (AvgIpc) is 2.85. The Hall–Kier alpha value is -2.58. The summed E-state index contributed by atoms with van der Waals surface area (Å²) in [6.45, 7) is 3.26. The zero-order chi connectivity index (χ0) is 15.9. The smallest absolute Gasteiger partial charge is 0.332 e. The van der Waals surface area contributed by atoms with Crippen LogP contribution in [0.3, 0.4) is 0 Å². The van der Waals surface area contributed by atoms with Gasteiger partial charge in [0.15, 0.2) is 11.2 Å². The minimum atomic E-state index is -0.936. The Labute approximate surface area is 119 Å². The molecule has 9 heteroatoms. The van der Waals surface area contributed by atoms with Gasteiger partial charge in [0.25, 0.3) is 5.56 Å². The van der Waals surface area contributed by atoms with Crippen molar-refractivity contribution in [1.82, 2.24) is 19.1 Å². The van der Waals surface area contributed by atoms with Crippen molar-refractivity contribution in [2.75, 3.05) is 5.32 Å². The number of H-pyrrole nitrogens is 1. The number of carbonyl (C=O) groups is 1. The third-order valence-electron chi connectivity index (χ3n) is 3.60. The largest absolute Gasteiger partial charge is 0.481 e. The number of nitrogens with zero attached hydrogens (tertiary/aromatic N) is 3. The van der Waals surface area contributed by atoms with Crippen molar-refractivity contribution in [1.29, 1.82) is 0 Å². The van der Waals surface area contributed by atoms with Crippen LogP contribution in [0, 0.1) is 5.92 Å². The van der Waals surface area contributed by atoms with E-state index in [0.29, 0.717) is 0 Å². The van der Waals surface area contributed by atoms with E-state index in [4.69, 9.17) is 5.11 Å². The van der Waals surface area contributed by atoms with E-state index < -0.39 is 29.2 Å². The second kappa shape index (κ2) is 5.08. The van der Waals surface area contributed by atoms with Gasteiger partial charge in [-0.2, -0.15) is 4.98 Å². The molecular weight excluding hydrogens is 278 g/mol. The number of aliphatic carboxylic acids is 1. The van der Waals surface area contributed by atoms with Gasteiger partial charge in [-0.25, -0.2) is 4.79 Å². The molecule has 0 bridgehead atoms. The fourth-order valence-corrected chi connectivity index (χ4v) is 1.95. The molecule has 0 aliphatic carbocycles. The van der Waals surface area contributed by atoms with Crippen molar-refractivity contribution in [3.05, 3.63) is 20.8 Å². The van der Waals surface area contributed by atoms with Gasteiger partial charge in [-0.05, 0) is 13.8 Å². The summed E-state index contributed by atoms with van der Waals surface area (Å²) in [4.78, 5) is 41.7. The van der Waals surface area contributed by atoms with Crippen LogP contribution in [0.5, 0.6) is 0 Å². The van der Waals surface area contributed by atoms with E-state index >= 15 is 0 Å². The number of hydrogen-bond acceptors (Lipinski definition) is 5. The summed E-state index contributed by atoms with van der Waals surface area (Å²) in [6, 6.07) is -0.399. The Morgan fingerprint density at radius 2 is 1.90 bits per heavy atom. The Bertz CT molecular complexity index is 815. The number of aryl methyl sites for hydroxylation is 1. The van der Waals surface area contributed by atoms with E-state index in [-0.39, 0.29) is 17.1 Å². The van der Waals surface area contributed by atoms with Crippen LogP contribution in [0.1, 0.15) is 13.8 Å². The van der Waals surface area contributed by atoms with Gasteiger partial charge in [-0.3, -0.25) is 18.7 Å². The zero-order valence-corrected chi connectivity index (χ0v) is 12.2. The van der Waals surface area contributed by atoms with Gasteiger partial charge >= 0.3 is 11.7 Å². The summed E-state index contributed by atoms with van der Waals surface area (Å²) in [7, 11) is 2.89. The number of hydrogen-bond donors (Lipinski definition) is 3. The number of imidazole rings is 1. The zero-order valence-electron chi connectivity index (χ0n) is 12.2. The van der Waals surface area contributed by atoms with E-state index in [1.165, 1.54) is 18.7 Å². The first-order valence-corrected chi connectivity index (χ1v) is 6.39. The highest BCUT2D eigenvalue weighted by atomic mass is 16.4. The van der Waals surface area contributed by atoms with E-state index in [9.17, 15) is 14.4 Å². The number of anilines is 1. The quantitative estimate of drug-likeness (QED) is 0.697. The first-order chi connectivity index (χ1) is 9.73. The van der Waals surface area contributed by atoms with Gasteiger partial charge in [-0.1, -0.05) is 0 Å². The summed E-state index contributed by atoms with van der Waals surface area (Å²) in [5.41, 5.74) is -0.539. The summed E-state index contributed by atoms with van der Waals surface area (Å²) in [5, 5.41) is 11.9. The lowest BCUT2D eigenvalue weighted by Gasteiger charge is -2.16. The van der Waals surface area contributed by atoms with Crippen molar-refractivity contribution in [2.24, 2.45) is 20.0 Å². The molecule has 114 valence electrons. The van der Waals surface area contributed by atoms with Crippen LogP contribution < -0.4 is 16.6 Å². The lowest BCUT2D eigenvalue weighted by atomic mass is 10.0. The van der Waals surface area contributed by atoms with Gasteiger partial charge in [0, 0.05) is 20.1 Å². The lowest BCUT2D eigenvalue weighted by molar-refractivity contribution is -0.141. The second-order valence-corrected chi connectivity index (χ2v) is 5.05. The van der Waals surface area contributed by atoms with Crippen molar-refractivity contribution in [3.8, 4) is 0 Å². The molecule has 9 nitrogen and oxygen atoms in total. The van der Waals surface area contributed by atoms with E-state index in [1.54, 1.807) is 13.8 Å². The first-order valence-electron chi connectivity index (χ1n) is 6.39. The molecule has 0 fully saturated rings. The monoisotopic (exact) mass is 295 g/mol. The van der Waals surface area contributed by atoms with E-state index in [0.717, 1.165) is 4.57 Å². The molecule has 0 aromatic carbocycles.